The number of para-hydroxylation sites is 1. The molecule has 1 aliphatic rings. The smallest absolute Gasteiger partial charge is 0.480 e. The highest BCUT2D eigenvalue weighted by Gasteiger charge is 2.53. The molecular weight excluding hydrogens is 620 g/mol. The minimum Gasteiger partial charge on any atom is -0.480 e. The Balaban J connectivity index is 1.82. The first-order valence-electron chi connectivity index (χ1n) is 12.6. The minimum atomic E-state index is -4.94. The first-order chi connectivity index (χ1) is 19.6. The number of benzene rings is 3. The number of alkyl halides is 3. The number of sulfonamides is 1. The number of hydrogen-bond donors (Lipinski definition) is 3. The molecule has 1 unspecified atom stereocenters. The van der Waals surface area contributed by atoms with Crippen LogP contribution in [0.3, 0.4) is 0 Å². The first kappa shape index (κ1) is 31.8. The van der Waals surface area contributed by atoms with E-state index in [-0.39, 0.29) is 31.6 Å². The van der Waals surface area contributed by atoms with Crippen LogP contribution >= 0.6 is 23.2 Å². The van der Waals surface area contributed by atoms with Gasteiger partial charge in [-0.3, -0.25) is 9.59 Å². The summed E-state index contributed by atoms with van der Waals surface area (Å²) in [6.45, 7) is 1.62. The summed E-state index contributed by atoms with van der Waals surface area (Å²) in [4.78, 5) is 26.1. The fourth-order valence-electron chi connectivity index (χ4n) is 4.84. The maximum Gasteiger partial charge on any atom is 0.573 e. The predicted molar refractivity (Wildman–Crippen MR) is 150 cm³/mol. The molecule has 0 amide bonds. The number of ketones is 1. The second kappa shape index (κ2) is 12.2. The molecule has 0 aromatic heterocycles. The van der Waals surface area contributed by atoms with E-state index in [1.807, 2.05) is 0 Å². The number of halogens is 5. The zero-order valence-corrected chi connectivity index (χ0v) is 24.2. The van der Waals surface area contributed by atoms with Crippen LogP contribution in [-0.2, 0) is 19.6 Å². The third-order valence-corrected chi connectivity index (χ3v) is 8.84. The summed E-state index contributed by atoms with van der Waals surface area (Å²) < 4.78 is 72.5. The third kappa shape index (κ3) is 6.90. The largest absolute Gasteiger partial charge is 0.573 e. The predicted octanol–water partition coefficient (Wildman–Crippen LogP) is 5.99. The summed E-state index contributed by atoms with van der Waals surface area (Å²) in [5.74, 6) is -2.78. The van der Waals surface area contributed by atoms with E-state index in [0.717, 1.165) is 25.1 Å². The molecule has 3 atom stereocenters. The van der Waals surface area contributed by atoms with Gasteiger partial charge in [0, 0.05) is 15.6 Å². The fourth-order valence-corrected chi connectivity index (χ4v) is 6.88. The van der Waals surface area contributed by atoms with Crippen LogP contribution in [0.15, 0.2) is 71.6 Å². The van der Waals surface area contributed by atoms with E-state index in [9.17, 15) is 36.3 Å². The summed E-state index contributed by atoms with van der Waals surface area (Å²) in [5.41, 5.74) is -1.89. The Bertz CT molecular complexity index is 1580. The summed E-state index contributed by atoms with van der Waals surface area (Å²) in [5, 5.41) is 13.4. The van der Waals surface area contributed by atoms with Crippen LogP contribution in [0.5, 0.6) is 5.75 Å². The van der Waals surface area contributed by atoms with Crippen molar-refractivity contribution in [3.05, 3.63) is 82.3 Å². The van der Waals surface area contributed by atoms with Gasteiger partial charge in [-0.15, -0.1) is 13.2 Å². The van der Waals surface area contributed by atoms with Gasteiger partial charge in [-0.1, -0.05) is 65.7 Å². The van der Waals surface area contributed by atoms with Crippen LogP contribution in [0.25, 0.3) is 11.1 Å². The fraction of sp³-hybridized carbons (Fsp3) is 0.286. The number of hydrogen-bond acceptors (Lipinski definition) is 6. The topological polar surface area (TPSA) is 122 Å². The number of carboxylic acid groups (broad SMARTS) is 1. The average molecular weight is 645 g/mol. The molecule has 0 radical (unpaired) electrons. The van der Waals surface area contributed by atoms with Crippen LogP contribution in [0, 0.1) is 5.41 Å². The van der Waals surface area contributed by atoms with Crippen molar-refractivity contribution in [2.45, 2.75) is 43.1 Å². The average Bonchev–Trinajstić information content (AvgIpc) is 3.45. The van der Waals surface area contributed by atoms with Crippen molar-refractivity contribution in [3.63, 3.8) is 0 Å². The second-order valence-electron chi connectivity index (χ2n) is 9.85. The lowest BCUT2D eigenvalue weighted by molar-refractivity contribution is -0.274. The lowest BCUT2D eigenvalue weighted by atomic mass is 9.73. The van der Waals surface area contributed by atoms with Gasteiger partial charge in [0.15, 0.2) is 5.78 Å². The standard InChI is InChI=1S/C28H25Cl2F3N2O6S/c1-27(26(37)38,25(36)22-6-4-12-34-22)24(35-42(39,40)20-14-18(29)13-19(30)15-20)17-10-8-16(9-11-17)21-5-2-3-7-23(21)41-28(31,32)33/h2-3,5,7-11,13-15,22,24,34-35H,4,6,12H2,1H3,(H,37,38)/t22?,24-,27+/m1/s1. The van der Waals surface area contributed by atoms with Crippen molar-refractivity contribution in [1.29, 1.82) is 0 Å². The van der Waals surface area contributed by atoms with Crippen molar-refractivity contribution < 1.29 is 41.0 Å². The van der Waals surface area contributed by atoms with Crippen LogP contribution in [0.1, 0.15) is 31.4 Å². The van der Waals surface area contributed by atoms with Crippen molar-refractivity contribution in [2.75, 3.05) is 6.54 Å². The summed E-state index contributed by atoms with van der Waals surface area (Å²) in [6, 6.07) is 11.9. The molecule has 224 valence electrons. The van der Waals surface area contributed by atoms with E-state index in [0.29, 0.717) is 19.4 Å². The number of nitrogens with one attached hydrogen (secondary N) is 2. The van der Waals surface area contributed by atoms with Gasteiger partial charge < -0.3 is 15.2 Å². The quantitative estimate of drug-likeness (QED) is 0.232. The minimum absolute atomic E-state index is 0.00995. The molecule has 0 aliphatic carbocycles. The van der Waals surface area contributed by atoms with Gasteiger partial charge >= 0.3 is 12.3 Å². The van der Waals surface area contributed by atoms with Gasteiger partial charge in [0.1, 0.15) is 11.2 Å². The summed E-state index contributed by atoms with van der Waals surface area (Å²) in [6.07, 6.45) is -3.96. The van der Waals surface area contributed by atoms with E-state index < -0.39 is 51.4 Å². The van der Waals surface area contributed by atoms with E-state index in [1.54, 1.807) is 0 Å². The third-order valence-electron chi connectivity index (χ3n) is 7.00. The van der Waals surface area contributed by atoms with E-state index >= 15 is 0 Å². The highest BCUT2D eigenvalue weighted by molar-refractivity contribution is 7.89. The lowest BCUT2D eigenvalue weighted by Crippen LogP contribution is -2.54. The Morgan fingerprint density at radius 2 is 1.67 bits per heavy atom. The molecular formula is C28H25Cl2F3N2O6S. The Hall–Kier alpha value is -3.16. The molecule has 0 saturated carbocycles. The molecule has 8 nitrogen and oxygen atoms in total. The zero-order chi connectivity index (χ0) is 30.9. The van der Waals surface area contributed by atoms with Crippen LogP contribution < -0.4 is 14.8 Å². The van der Waals surface area contributed by atoms with E-state index in [1.165, 1.54) is 48.5 Å². The van der Waals surface area contributed by atoms with Crippen molar-refractivity contribution in [1.82, 2.24) is 10.0 Å². The van der Waals surface area contributed by atoms with Crippen molar-refractivity contribution in [2.24, 2.45) is 5.41 Å². The molecule has 0 bridgehead atoms. The molecule has 1 heterocycles. The van der Waals surface area contributed by atoms with Crippen molar-refractivity contribution >= 4 is 45.0 Å². The molecule has 3 aromatic rings. The Morgan fingerprint density at radius 3 is 2.21 bits per heavy atom. The second-order valence-corrected chi connectivity index (χ2v) is 12.4. The first-order valence-corrected chi connectivity index (χ1v) is 14.8. The molecule has 1 fully saturated rings. The van der Waals surface area contributed by atoms with Crippen molar-refractivity contribution in [3.8, 4) is 16.9 Å². The molecule has 42 heavy (non-hydrogen) atoms. The number of ether oxygens (including phenoxy) is 1. The molecule has 1 saturated heterocycles. The number of rotatable bonds is 10. The van der Waals surface area contributed by atoms with E-state index in [4.69, 9.17) is 23.2 Å². The van der Waals surface area contributed by atoms with Gasteiger partial charge in [-0.05, 0) is 61.7 Å². The maximum atomic E-state index is 13.7. The molecule has 3 N–H and O–H groups in total. The number of aliphatic carboxylic acids is 1. The van der Waals surface area contributed by atoms with Gasteiger partial charge in [0.05, 0.1) is 17.0 Å². The zero-order valence-electron chi connectivity index (χ0n) is 21.9. The Labute approximate surface area is 249 Å². The van der Waals surface area contributed by atoms with Gasteiger partial charge in [-0.25, -0.2) is 13.1 Å². The highest BCUT2D eigenvalue weighted by Crippen LogP contribution is 2.40. The van der Waals surface area contributed by atoms with Crippen LogP contribution in [-0.4, -0.2) is 44.2 Å². The highest BCUT2D eigenvalue weighted by atomic mass is 35.5. The SMILES string of the molecule is C[C@@](C(=O)O)(C(=O)C1CCCN1)[C@H](NS(=O)(=O)c1cc(Cl)cc(Cl)c1)c1ccc(-c2ccccc2OC(F)(F)F)cc1. The maximum absolute atomic E-state index is 13.7. The molecule has 0 spiro atoms. The number of carbonyl (C=O) groups is 2. The van der Waals surface area contributed by atoms with E-state index in [2.05, 4.69) is 14.8 Å². The Kier molecular flexibility index (Phi) is 9.24. The number of Topliss-reactive ketones (excluding diaryl/α,β-unsaturated/α-hetero) is 1. The molecule has 14 heteroatoms. The summed E-state index contributed by atoms with van der Waals surface area (Å²) in [7, 11) is -4.52. The molecule has 3 aromatic carbocycles. The molecule has 1 aliphatic heterocycles. The van der Waals surface area contributed by atoms with Crippen LogP contribution in [0.4, 0.5) is 13.2 Å². The molecule has 4 rings (SSSR count). The normalized spacial score (nSPS) is 17.8. The Morgan fingerprint density at radius 1 is 1.05 bits per heavy atom. The van der Waals surface area contributed by atoms with Gasteiger partial charge in [0.2, 0.25) is 10.0 Å². The van der Waals surface area contributed by atoms with Gasteiger partial charge in [-0.2, -0.15) is 0 Å². The number of carboxylic acids is 1. The van der Waals surface area contributed by atoms with Crippen LogP contribution in [0.2, 0.25) is 10.0 Å². The lowest BCUT2D eigenvalue weighted by Gasteiger charge is -2.35. The monoisotopic (exact) mass is 644 g/mol. The number of carbonyl (C=O) groups excluding carboxylic acids is 1. The van der Waals surface area contributed by atoms with Gasteiger partial charge in [0.25, 0.3) is 0 Å². The summed E-state index contributed by atoms with van der Waals surface area (Å²) >= 11 is 12.0.